The van der Waals surface area contributed by atoms with Crippen LogP contribution in [0.15, 0.2) is 24.3 Å². The smallest absolute Gasteiger partial charge is 0.243 e. The molecule has 1 aliphatic rings. The molecule has 1 N–H and O–H groups in total. The standard InChI is InChI=1S/C16H19N3O2/c1-2-4-13-8-16(21)19(10-13)11-15(20)18-14-6-3-5-12(7-14)9-17/h3,5-7,13H,2,4,8,10-11H2,1H3,(H,18,20). The second kappa shape index (κ2) is 6.89. The Bertz CT molecular complexity index is 577. The van der Waals surface area contributed by atoms with Crippen LogP contribution >= 0.6 is 0 Å². The Labute approximate surface area is 124 Å². The second-order valence-corrected chi connectivity index (χ2v) is 5.37. The van der Waals surface area contributed by atoms with Crippen molar-refractivity contribution in [3.8, 4) is 6.07 Å². The van der Waals surface area contributed by atoms with Crippen molar-refractivity contribution in [2.75, 3.05) is 18.4 Å². The third kappa shape index (κ3) is 4.06. The molecule has 1 aromatic rings. The average molecular weight is 285 g/mol. The lowest BCUT2D eigenvalue weighted by Gasteiger charge is -2.16. The zero-order valence-corrected chi connectivity index (χ0v) is 12.1. The van der Waals surface area contributed by atoms with Crippen molar-refractivity contribution in [3.05, 3.63) is 29.8 Å². The predicted molar refractivity (Wildman–Crippen MR) is 79.4 cm³/mol. The lowest BCUT2D eigenvalue weighted by molar-refractivity contribution is -0.131. The number of nitrogens with one attached hydrogen (secondary N) is 1. The van der Waals surface area contributed by atoms with Gasteiger partial charge in [0.15, 0.2) is 0 Å². The van der Waals surface area contributed by atoms with E-state index in [0.717, 1.165) is 12.8 Å². The van der Waals surface area contributed by atoms with Crippen molar-refractivity contribution < 1.29 is 9.59 Å². The average Bonchev–Trinajstić information content (AvgIpc) is 2.79. The van der Waals surface area contributed by atoms with E-state index in [2.05, 4.69) is 12.2 Å². The van der Waals surface area contributed by atoms with Crippen molar-refractivity contribution in [3.63, 3.8) is 0 Å². The first-order valence-electron chi connectivity index (χ1n) is 7.20. The molecule has 1 heterocycles. The quantitative estimate of drug-likeness (QED) is 0.900. The molecule has 0 aliphatic carbocycles. The molecule has 1 saturated heterocycles. The summed E-state index contributed by atoms with van der Waals surface area (Å²) in [5.74, 6) is 0.196. The molecular formula is C16H19N3O2. The van der Waals surface area contributed by atoms with Gasteiger partial charge in [-0.2, -0.15) is 5.26 Å². The Morgan fingerprint density at radius 2 is 2.33 bits per heavy atom. The van der Waals surface area contributed by atoms with E-state index in [1.54, 1.807) is 29.2 Å². The minimum Gasteiger partial charge on any atom is -0.333 e. The minimum atomic E-state index is -0.226. The van der Waals surface area contributed by atoms with E-state index in [1.165, 1.54) is 0 Å². The van der Waals surface area contributed by atoms with Crippen LogP contribution in [0.25, 0.3) is 0 Å². The largest absolute Gasteiger partial charge is 0.333 e. The summed E-state index contributed by atoms with van der Waals surface area (Å²) in [6.07, 6.45) is 2.62. The van der Waals surface area contributed by atoms with Gasteiger partial charge in [0, 0.05) is 18.7 Å². The monoisotopic (exact) mass is 285 g/mol. The number of carbonyl (C=O) groups excluding carboxylic acids is 2. The lowest BCUT2D eigenvalue weighted by atomic mass is 10.0. The lowest BCUT2D eigenvalue weighted by Crippen LogP contribution is -2.34. The summed E-state index contributed by atoms with van der Waals surface area (Å²) in [6, 6.07) is 8.76. The van der Waals surface area contributed by atoms with Gasteiger partial charge >= 0.3 is 0 Å². The van der Waals surface area contributed by atoms with E-state index in [4.69, 9.17) is 5.26 Å². The maximum absolute atomic E-state index is 12.0. The van der Waals surface area contributed by atoms with Gasteiger partial charge in [-0.1, -0.05) is 19.4 Å². The summed E-state index contributed by atoms with van der Waals surface area (Å²) in [4.78, 5) is 25.5. The number of nitrogens with zero attached hydrogens (tertiary/aromatic N) is 2. The van der Waals surface area contributed by atoms with E-state index in [0.29, 0.717) is 30.1 Å². The van der Waals surface area contributed by atoms with Crippen LogP contribution in [-0.2, 0) is 9.59 Å². The Kier molecular flexibility index (Phi) is 4.94. The molecule has 1 unspecified atom stereocenters. The maximum Gasteiger partial charge on any atom is 0.243 e. The number of carbonyl (C=O) groups is 2. The summed E-state index contributed by atoms with van der Waals surface area (Å²) in [5.41, 5.74) is 1.07. The molecule has 5 nitrogen and oxygen atoms in total. The fraction of sp³-hybridized carbons (Fsp3) is 0.438. The number of rotatable bonds is 5. The molecular weight excluding hydrogens is 266 g/mol. The van der Waals surface area contributed by atoms with Crippen LogP contribution in [-0.4, -0.2) is 29.8 Å². The fourth-order valence-electron chi connectivity index (χ4n) is 2.65. The molecule has 2 rings (SSSR count). The Morgan fingerprint density at radius 3 is 3.05 bits per heavy atom. The Hall–Kier alpha value is -2.35. The molecule has 1 atom stereocenters. The van der Waals surface area contributed by atoms with Crippen LogP contribution in [0, 0.1) is 17.2 Å². The molecule has 110 valence electrons. The molecule has 1 aromatic carbocycles. The minimum absolute atomic E-state index is 0.0503. The highest BCUT2D eigenvalue weighted by Gasteiger charge is 2.29. The highest BCUT2D eigenvalue weighted by Crippen LogP contribution is 2.22. The molecule has 0 bridgehead atoms. The van der Waals surface area contributed by atoms with Crippen molar-refractivity contribution in [2.45, 2.75) is 26.2 Å². The van der Waals surface area contributed by atoms with Crippen molar-refractivity contribution in [1.29, 1.82) is 5.26 Å². The third-order valence-electron chi connectivity index (χ3n) is 3.60. The zero-order chi connectivity index (χ0) is 15.2. The van der Waals surface area contributed by atoms with Gasteiger partial charge in [0.1, 0.15) is 0 Å². The highest BCUT2D eigenvalue weighted by molar-refractivity contribution is 5.95. The van der Waals surface area contributed by atoms with Gasteiger partial charge in [-0.3, -0.25) is 9.59 Å². The number of amides is 2. The number of hydrogen-bond donors (Lipinski definition) is 1. The zero-order valence-electron chi connectivity index (χ0n) is 12.1. The van der Waals surface area contributed by atoms with E-state index in [9.17, 15) is 9.59 Å². The van der Waals surface area contributed by atoms with Crippen LogP contribution in [0.5, 0.6) is 0 Å². The van der Waals surface area contributed by atoms with Crippen LogP contribution < -0.4 is 5.32 Å². The molecule has 0 spiro atoms. The summed E-state index contributed by atoms with van der Waals surface area (Å²) in [6.45, 7) is 2.84. The fourth-order valence-corrected chi connectivity index (χ4v) is 2.65. The van der Waals surface area contributed by atoms with Gasteiger partial charge in [0.2, 0.25) is 11.8 Å². The van der Waals surface area contributed by atoms with E-state index in [1.807, 2.05) is 6.07 Å². The summed E-state index contributed by atoms with van der Waals surface area (Å²) < 4.78 is 0. The van der Waals surface area contributed by atoms with Crippen LogP contribution in [0.4, 0.5) is 5.69 Å². The summed E-state index contributed by atoms with van der Waals surface area (Å²) in [5, 5.41) is 11.6. The Morgan fingerprint density at radius 1 is 1.52 bits per heavy atom. The normalized spacial score (nSPS) is 17.6. The molecule has 2 amide bonds. The van der Waals surface area contributed by atoms with E-state index in [-0.39, 0.29) is 18.4 Å². The van der Waals surface area contributed by atoms with Crippen molar-refractivity contribution in [2.24, 2.45) is 5.92 Å². The molecule has 5 heteroatoms. The third-order valence-corrected chi connectivity index (χ3v) is 3.60. The maximum atomic E-state index is 12.0. The first-order chi connectivity index (χ1) is 10.1. The molecule has 0 aromatic heterocycles. The van der Waals surface area contributed by atoms with Gasteiger partial charge in [-0.05, 0) is 30.5 Å². The topological polar surface area (TPSA) is 73.2 Å². The predicted octanol–water partition coefficient (Wildman–Crippen LogP) is 2.15. The van der Waals surface area contributed by atoms with Gasteiger partial charge < -0.3 is 10.2 Å². The van der Waals surface area contributed by atoms with Crippen molar-refractivity contribution in [1.82, 2.24) is 4.90 Å². The molecule has 0 radical (unpaired) electrons. The number of nitriles is 1. The molecule has 0 saturated carbocycles. The van der Waals surface area contributed by atoms with E-state index < -0.39 is 0 Å². The van der Waals surface area contributed by atoms with Crippen LogP contribution in [0.1, 0.15) is 31.7 Å². The van der Waals surface area contributed by atoms with Crippen LogP contribution in [0.3, 0.4) is 0 Å². The second-order valence-electron chi connectivity index (χ2n) is 5.37. The number of likely N-dealkylation sites (tertiary alicyclic amines) is 1. The first kappa shape index (κ1) is 15.0. The molecule has 1 aliphatic heterocycles. The number of benzene rings is 1. The summed E-state index contributed by atoms with van der Waals surface area (Å²) in [7, 11) is 0. The number of hydrogen-bond acceptors (Lipinski definition) is 3. The highest BCUT2D eigenvalue weighted by atomic mass is 16.2. The summed E-state index contributed by atoms with van der Waals surface area (Å²) >= 11 is 0. The molecule has 21 heavy (non-hydrogen) atoms. The van der Waals surface area contributed by atoms with E-state index >= 15 is 0 Å². The molecule has 1 fully saturated rings. The van der Waals surface area contributed by atoms with Gasteiger partial charge in [0.25, 0.3) is 0 Å². The SMILES string of the molecule is CCCC1CC(=O)N(CC(=O)Nc2cccc(C#N)c2)C1. The van der Waals surface area contributed by atoms with Gasteiger partial charge in [-0.15, -0.1) is 0 Å². The number of anilines is 1. The van der Waals surface area contributed by atoms with Gasteiger partial charge in [-0.25, -0.2) is 0 Å². The van der Waals surface area contributed by atoms with Crippen LogP contribution in [0.2, 0.25) is 0 Å². The first-order valence-corrected chi connectivity index (χ1v) is 7.20. The Balaban J connectivity index is 1.90. The van der Waals surface area contributed by atoms with Gasteiger partial charge in [0.05, 0.1) is 18.2 Å². The van der Waals surface area contributed by atoms with Crippen molar-refractivity contribution >= 4 is 17.5 Å².